The van der Waals surface area contributed by atoms with Crippen molar-refractivity contribution in [2.75, 3.05) is 12.5 Å². The van der Waals surface area contributed by atoms with E-state index in [1.54, 1.807) is 19.5 Å². The van der Waals surface area contributed by atoms with Crippen molar-refractivity contribution in [3.63, 3.8) is 0 Å². The minimum atomic E-state index is 0.367. The molecule has 0 bridgehead atoms. The molecule has 0 atom stereocenters. The molecule has 150 valence electrons. The third kappa shape index (κ3) is 4.58. The fourth-order valence-corrected chi connectivity index (χ4v) is 3.15. The summed E-state index contributed by atoms with van der Waals surface area (Å²) < 4.78 is 11.6. The predicted octanol–water partition coefficient (Wildman–Crippen LogP) is 5.58. The molecule has 1 N–H and O–H groups in total. The van der Waals surface area contributed by atoms with Crippen LogP contribution in [-0.4, -0.2) is 18.3 Å². The molecular formula is C25H23N3O2. The standard InChI is InChI=1S/C25H23N3O2/c1-18-8-11-22(12-9-18)28-27-16-19-10-13-23(29-2)21(15-19)17-30-24-7-3-5-20-6-4-14-26-25(20)24/h3-16,28H,17H2,1-2H3/b27-16+. The van der Waals surface area contributed by atoms with Crippen LogP contribution >= 0.6 is 0 Å². The van der Waals surface area contributed by atoms with E-state index < -0.39 is 0 Å². The molecule has 0 spiro atoms. The summed E-state index contributed by atoms with van der Waals surface area (Å²) in [6.07, 6.45) is 3.55. The van der Waals surface area contributed by atoms with Crippen LogP contribution in [0.25, 0.3) is 10.9 Å². The first kappa shape index (κ1) is 19.5. The Bertz CT molecular complexity index is 1170. The largest absolute Gasteiger partial charge is 0.496 e. The first-order valence-electron chi connectivity index (χ1n) is 9.72. The topological polar surface area (TPSA) is 55.7 Å². The minimum Gasteiger partial charge on any atom is -0.496 e. The first-order chi connectivity index (χ1) is 14.7. The maximum atomic E-state index is 6.09. The van der Waals surface area contributed by atoms with Crippen molar-refractivity contribution in [2.24, 2.45) is 5.10 Å². The van der Waals surface area contributed by atoms with Gasteiger partial charge in [-0.15, -0.1) is 0 Å². The van der Waals surface area contributed by atoms with Crippen molar-refractivity contribution in [2.45, 2.75) is 13.5 Å². The molecule has 0 aliphatic heterocycles. The Morgan fingerprint density at radius 1 is 0.967 bits per heavy atom. The Morgan fingerprint density at radius 3 is 2.63 bits per heavy atom. The van der Waals surface area contributed by atoms with Gasteiger partial charge >= 0.3 is 0 Å². The van der Waals surface area contributed by atoms with E-state index in [1.165, 1.54) is 5.56 Å². The number of methoxy groups -OCH3 is 1. The van der Waals surface area contributed by atoms with Gasteiger partial charge in [0.15, 0.2) is 0 Å². The zero-order valence-electron chi connectivity index (χ0n) is 17.0. The summed E-state index contributed by atoms with van der Waals surface area (Å²) in [6.45, 7) is 2.42. The molecule has 4 aromatic rings. The van der Waals surface area contributed by atoms with E-state index in [0.717, 1.165) is 39.2 Å². The Kier molecular flexibility index (Phi) is 5.90. The maximum absolute atomic E-state index is 6.09. The first-order valence-corrected chi connectivity index (χ1v) is 9.72. The normalized spacial score (nSPS) is 11.0. The molecule has 0 radical (unpaired) electrons. The summed E-state index contributed by atoms with van der Waals surface area (Å²) in [7, 11) is 1.66. The van der Waals surface area contributed by atoms with Crippen molar-refractivity contribution in [3.8, 4) is 11.5 Å². The van der Waals surface area contributed by atoms with Crippen molar-refractivity contribution in [3.05, 3.63) is 95.7 Å². The van der Waals surface area contributed by atoms with E-state index in [1.807, 2.05) is 72.8 Å². The highest BCUT2D eigenvalue weighted by atomic mass is 16.5. The number of pyridine rings is 1. The average Bonchev–Trinajstić information content (AvgIpc) is 2.79. The number of anilines is 1. The number of rotatable bonds is 7. The molecule has 0 aliphatic rings. The second-order valence-corrected chi connectivity index (χ2v) is 6.93. The van der Waals surface area contributed by atoms with Crippen LogP contribution in [0.2, 0.25) is 0 Å². The fourth-order valence-electron chi connectivity index (χ4n) is 3.15. The molecule has 0 aliphatic carbocycles. The van der Waals surface area contributed by atoms with Gasteiger partial charge in [0.25, 0.3) is 0 Å². The number of benzene rings is 3. The Balaban J connectivity index is 1.49. The molecule has 0 amide bonds. The summed E-state index contributed by atoms with van der Waals surface area (Å²) in [6, 6.07) is 23.8. The van der Waals surface area contributed by atoms with Crippen LogP contribution in [0, 0.1) is 6.92 Å². The van der Waals surface area contributed by atoms with E-state index >= 15 is 0 Å². The van der Waals surface area contributed by atoms with Gasteiger partial charge in [0.2, 0.25) is 0 Å². The third-order valence-corrected chi connectivity index (χ3v) is 4.74. The van der Waals surface area contributed by atoms with Crippen molar-refractivity contribution in [1.29, 1.82) is 0 Å². The van der Waals surface area contributed by atoms with Gasteiger partial charge in [-0.3, -0.25) is 10.4 Å². The molecule has 4 rings (SSSR count). The molecular weight excluding hydrogens is 374 g/mol. The lowest BCUT2D eigenvalue weighted by Gasteiger charge is -2.12. The Morgan fingerprint density at radius 2 is 1.80 bits per heavy atom. The average molecular weight is 397 g/mol. The van der Waals surface area contributed by atoms with Crippen LogP contribution in [-0.2, 0) is 6.61 Å². The molecule has 3 aromatic carbocycles. The monoisotopic (exact) mass is 397 g/mol. The lowest BCUT2D eigenvalue weighted by Crippen LogP contribution is -2.01. The number of aromatic nitrogens is 1. The van der Waals surface area contributed by atoms with Gasteiger partial charge in [-0.2, -0.15) is 5.10 Å². The molecule has 5 heteroatoms. The number of para-hydroxylation sites is 1. The summed E-state index contributed by atoms with van der Waals surface area (Å²) in [4.78, 5) is 4.44. The summed E-state index contributed by atoms with van der Waals surface area (Å²) >= 11 is 0. The Labute approximate surface area is 176 Å². The Hall–Kier alpha value is -3.86. The summed E-state index contributed by atoms with van der Waals surface area (Å²) in [5.74, 6) is 1.52. The highest BCUT2D eigenvalue weighted by Crippen LogP contribution is 2.26. The number of nitrogens with one attached hydrogen (secondary N) is 1. The molecule has 5 nitrogen and oxygen atoms in total. The lowest BCUT2D eigenvalue weighted by molar-refractivity contribution is 0.299. The van der Waals surface area contributed by atoms with Gasteiger partial charge < -0.3 is 9.47 Å². The molecule has 0 saturated carbocycles. The predicted molar refractivity (Wildman–Crippen MR) is 121 cm³/mol. The molecule has 30 heavy (non-hydrogen) atoms. The lowest BCUT2D eigenvalue weighted by atomic mass is 10.1. The van der Waals surface area contributed by atoms with E-state index in [-0.39, 0.29) is 0 Å². The minimum absolute atomic E-state index is 0.367. The van der Waals surface area contributed by atoms with E-state index in [2.05, 4.69) is 22.4 Å². The zero-order chi connectivity index (χ0) is 20.8. The highest BCUT2D eigenvalue weighted by molar-refractivity contribution is 5.84. The smallest absolute Gasteiger partial charge is 0.146 e. The second-order valence-electron chi connectivity index (χ2n) is 6.93. The van der Waals surface area contributed by atoms with Crippen LogP contribution in [0.15, 0.2) is 84.1 Å². The van der Waals surface area contributed by atoms with Crippen LogP contribution in [0.1, 0.15) is 16.7 Å². The van der Waals surface area contributed by atoms with Crippen LogP contribution in [0.4, 0.5) is 5.69 Å². The number of fused-ring (bicyclic) bond motifs is 1. The third-order valence-electron chi connectivity index (χ3n) is 4.74. The number of aryl methyl sites for hydroxylation is 1. The van der Waals surface area contributed by atoms with Gasteiger partial charge in [0.05, 0.1) is 19.0 Å². The molecule has 0 saturated heterocycles. The number of hydrogen-bond donors (Lipinski definition) is 1. The van der Waals surface area contributed by atoms with E-state index in [0.29, 0.717) is 6.61 Å². The van der Waals surface area contributed by atoms with Crippen molar-refractivity contribution >= 4 is 22.8 Å². The molecule has 0 fully saturated rings. The fraction of sp³-hybridized carbons (Fsp3) is 0.120. The molecule has 1 aromatic heterocycles. The van der Waals surface area contributed by atoms with Gasteiger partial charge in [-0.25, -0.2) is 0 Å². The van der Waals surface area contributed by atoms with Gasteiger partial charge in [-0.05, 0) is 55.0 Å². The molecule has 1 heterocycles. The van der Waals surface area contributed by atoms with Crippen LogP contribution in [0.3, 0.4) is 0 Å². The van der Waals surface area contributed by atoms with E-state index in [4.69, 9.17) is 9.47 Å². The van der Waals surface area contributed by atoms with Crippen LogP contribution < -0.4 is 14.9 Å². The van der Waals surface area contributed by atoms with E-state index in [9.17, 15) is 0 Å². The molecule has 0 unspecified atom stereocenters. The number of ether oxygens (including phenoxy) is 2. The van der Waals surface area contributed by atoms with Crippen molar-refractivity contribution < 1.29 is 9.47 Å². The second kappa shape index (κ2) is 9.09. The van der Waals surface area contributed by atoms with Crippen molar-refractivity contribution in [1.82, 2.24) is 4.98 Å². The number of nitrogens with zero attached hydrogens (tertiary/aromatic N) is 2. The van der Waals surface area contributed by atoms with Gasteiger partial charge in [0, 0.05) is 17.1 Å². The van der Waals surface area contributed by atoms with Crippen LogP contribution in [0.5, 0.6) is 11.5 Å². The SMILES string of the molecule is COc1ccc(/C=N/Nc2ccc(C)cc2)cc1COc1cccc2cccnc12. The zero-order valence-corrected chi connectivity index (χ0v) is 17.0. The van der Waals surface area contributed by atoms with Gasteiger partial charge in [-0.1, -0.05) is 35.9 Å². The number of hydrogen-bond acceptors (Lipinski definition) is 5. The quantitative estimate of drug-likeness (QED) is 0.327. The highest BCUT2D eigenvalue weighted by Gasteiger charge is 2.08. The maximum Gasteiger partial charge on any atom is 0.146 e. The summed E-state index contributed by atoms with van der Waals surface area (Å²) in [5, 5.41) is 5.38. The van der Waals surface area contributed by atoms with Gasteiger partial charge in [0.1, 0.15) is 23.6 Å². The summed E-state index contributed by atoms with van der Waals surface area (Å²) in [5.41, 5.74) is 7.93. The number of hydrazone groups is 1.